The van der Waals surface area contributed by atoms with E-state index in [1.807, 2.05) is 54.6 Å². The van der Waals surface area contributed by atoms with Gasteiger partial charge in [-0.15, -0.1) is 0 Å². The van der Waals surface area contributed by atoms with E-state index >= 15 is 0 Å². The average molecular weight is 632 g/mol. The van der Waals surface area contributed by atoms with Crippen LogP contribution in [0, 0.1) is 5.92 Å². The summed E-state index contributed by atoms with van der Waals surface area (Å²) in [5.41, 5.74) is 3.48. The Kier molecular flexibility index (Phi) is 9.83. The summed E-state index contributed by atoms with van der Waals surface area (Å²) < 4.78 is 39.5. The predicted molar refractivity (Wildman–Crippen MR) is 174 cm³/mol. The van der Waals surface area contributed by atoms with Crippen LogP contribution in [0.3, 0.4) is 0 Å². The highest BCUT2D eigenvalue weighted by molar-refractivity contribution is 6.00. The molecule has 5 nitrogen and oxygen atoms in total. The zero-order chi connectivity index (χ0) is 32.1. The maximum absolute atomic E-state index is 13.7. The van der Waals surface area contributed by atoms with Gasteiger partial charge in [0.1, 0.15) is 12.0 Å². The van der Waals surface area contributed by atoms with E-state index < -0.39 is 24.0 Å². The number of alkyl halides is 3. The quantitative estimate of drug-likeness (QED) is 0.230. The maximum atomic E-state index is 13.7. The molecule has 6 rings (SSSR count). The number of carbonyl (C=O) groups excluding carboxylic acids is 2. The first-order chi connectivity index (χ1) is 22.3. The molecule has 2 unspecified atom stereocenters. The highest BCUT2D eigenvalue weighted by Crippen LogP contribution is 2.51. The molecular weight excluding hydrogens is 587 g/mol. The van der Waals surface area contributed by atoms with Crippen molar-refractivity contribution in [2.45, 2.75) is 81.3 Å². The molecule has 1 saturated carbocycles. The van der Waals surface area contributed by atoms with Gasteiger partial charge in [-0.05, 0) is 78.8 Å². The van der Waals surface area contributed by atoms with E-state index in [1.54, 1.807) is 0 Å². The lowest BCUT2D eigenvalue weighted by molar-refractivity contribution is -0.141. The lowest BCUT2D eigenvalue weighted by Gasteiger charge is -2.36. The largest absolute Gasteiger partial charge is 0.405 e. The Bertz CT molecular complexity index is 1450. The van der Waals surface area contributed by atoms with Gasteiger partial charge in [0.2, 0.25) is 11.8 Å². The Labute approximate surface area is 270 Å². The van der Waals surface area contributed by atoms with Gasteiger partial charge in [0.15, 0.2) is 0 Å². The van der Waals surface area contributed by atoms with Gasteiger partial charge in [0.05, 0.1) is 0 Å². The van der Waals surface area contributed by atoms with Crippen molar-refractivity contribution in [3.63, 3.8) is 0 Å². The number of benzene rings is 3. The van der Waals surface area contributed by atoms with Crippen LogP contribution in [0.15, 0.2) is 78.9 Å². The van der Waals surface area contributed by atoms with Crippen LogP contribution < -0.4 is 10.6 Å². The average Bonchev–Trinajstić information content (AvgIpc) is 3.37. The van der Waals surface area contributed by atoms with Gasteiger partial charge in [-0.2, -0.15) is 13.2 Å². The first kappa shape index (κ1) is 32.3. The zero-order valence-corrected chi connectivity index (χ0v) is 26.3. The first-order valence-electron chi connectivity index (χ1n) is 16.9. The number of nitrogens with one attached hydrogen (secondary N) is 2. The van der Waals surface area contributed by atoms with Crippen molar-refractivity contribution in [3.8, 4) is 11.1 Å². The van der Waals surface area contributed by atoms with Crippen LogP contribution in [0.1, 0.15) is 80.4 Å². The number of halogens is 3. The van der Waals surface area contributed by atoms with Gasteiger partial charge in [-0.3, -0.25) is 9.59 Å². The van der Waals surface area contributed by atoms with Crippen molar-refractivity contribution in [2.75, 3.05) is 26.2 Å². The molecule has 2 aliphatic carbocycles. The van der Waals surface area contributed by atoms with Gasteiger partial charge in [0.25, 0.3) is 0 Å². The number of nitrogens with zero attached hydrogens (tertiary/aromatic N) is 1. The summed E-state index contributed by atoms with van der Waals surface area (Å²) in [4.78, 5) is 29.5. The third-order valence-electron chi connectivity index (χ3n) is 10.4. The second kappa shape index (κ2) is 14.0. The van der Waals surface area contributed by atoms with Crippen molar-refractivity contribution < 1.29 is 22.8 Å². The normalized spacial score (nSPS) is 21.3. The van der Waals surface area contributed by atoms with Crippen molar-refractivity contribution in [1.29, 1.82) is 0 Å². The molecule has 1 heterocycles. The fourth-order valence-corrected chi connectivity index (χ4v) is 8.16. The maximum Gasteiger partial charge on any atom is 0.405 e. The van der Waals surface area contributed by atoms with Crippen LogP contribution in [-0.4, -0.2) is 55.1 Å². The molecule has 2 amide bonds. The Morgan fingerprint density at radius 1 is 0.783 bits per heavy atom. The molecular formula is C38H44F3N3O2. The van der Waals surface area contributed by atoms with E-state index in [4.69, 9.17) is 0 Å². The molecule has 3 aliphatic rings. The fourth-order valence-electron chi connectivity index (χ4n) is 8.16. The Hall–Kier alpha value is -3.65. The van der Waals surface area contributed by atoms with E-state index in [0.29, 0.717) is 12.8 Å². The number of fused-ring (bicyclic) bond motifs is 3. The van der Waals surface area contributed by atoms with Crippen molar-refractivity contribution in [2.24, 2.45) is 5.92 Å². The molecule has 46 heavy (non-hydrogen) atoms. The van der Waals surface area contributed by atoms with Gasteiger partial charge in [0, 0.05) is 25.0 Å². The molecule has 2 atom stereocenters. The third-order valence-corrected chi connectivity index (χ3v) is 10.4. The molecule has 0 aromatic heterocycles. The minimum absolute atomic E-state index is 0.0284. The van der Waals surface area contributed by atoms with Crippen LogP contribution in [0.4, 0.5) is 13.2 Å². The second-order valence-corrected chi connectivity index (χ2v) is 13.3. The first-order valence-corrected chi connectivity index (χ1v) is 16.9. The molecule has 1 aliphatic heterocycles. The highest BCUT2D eigenvalue weighted by atomic mass is 19.4. The molecule has 3 aromatic carbocycles. The number of carbonyl (C=O) groups is 2. The Balaban J connectivity index is 1.04. The van der Waals surface area contributed by atoms with Gasteiger partial charge < -0.3 is 15.5 Å². The molecule has 3 aromatic rings. The monoisotopic (exact) mass is 631 g/mol. The van der Waals surface area contributed by atoms with Gasteiger partial charge in [-0.1, -0.05) is 98.1 Å². The zero-order valence-electron chi connectivity index (χ0n) is 26.3. The number of rotatable bonds is 10. The van der Waals surface area contributed by atoms with Crippen LogP contribution in [0.25, 0.3) is 11.1 Å². The fraction of sp³-hybridized carbons (Fsp3) is 0.474. The summed E-state index contributed by atoms with van der Waals surface area (Å²) in [6, 6.07) is 25.8. The minimum Gasteiger partial charge on any atom is -0.353 e. The van der Waals surface area contributed by atoms with E-state index in [0.717, 1.165) is 80.4 Å². The van der Waals surface area contributed by atoms with E-state index in [1.165, 1.54) is 12.0 Å². The number of unbranched alkanes of at least 4 members (excludes halogenated alkanes) is 1. The van der Waals surface area contributed by atoms with Crippen LogP contribution in [-0.2, 0) is 15.0 Å². The summed E-state index contributed by atoms with van der Waals surface area (Å²) in [5, 5.41) is 5.61. The molecule has 8 heteroatoms. The minimum atomic E-state index is -4.49. The van der Waals surface area contributed by atoms with E-state index in [-0.39, 0.29) is 23.8 Å². The van der Waals surface area contributed by atoms with Gasteiger partial charge in [-0.25, -0.2) is 0 Å². The summed E-state index contributed by atoms with van der Waals surface area (Å²) in [6.07, 6.45) is 3.54. The lowest BCUT2D eigenvalue weighted by Crippen LogP contribution is -2.48. The molecule has 0 radical (unpaired) electrons. The predicted octanol–water partition coefficient (Wildman–Crippen LogP) is 7.36. The van der Waals surface area contributed by atoms with E-state index in [2.05, 4.69) is 39.8 Å². The number of amides is 2. The molecule has 244 valence electrons. The Morgan fingerprint density at radius 3 is 2.04 bits per heavy atom. The summed E-state index contributed by atoms with van der Waals surface area (Å²) in [5.74, 6) is -0.0853. The molecule has 0 spiro atoms. The van der Waals surface area contributed by atoms with Crippen molar-refractivity contribution in [3.05, 3.63) is 95.6 Å². The van der Waals surface area contributed by atoms with Crippen LogP contribution >= 0.6 is 0 Å². The summed E-state index contributed by atoms with van der Waals surface area (Å²) in [6.45, 7) is 1.28. The standard InChI is InChI=1S/C38H44F3N3O2/c39-38(40,41)26-42-36(46)37(33-18-8-6-15-30(33)31-16-7-9-19-34(31)37)22-10-11-23-44-24-20-28(21-25-44)43-35(45)32-17-5-4-14-29(32)27-12-2-1-3-13-27/h1-3,6-9,12-13,15-16,18-19,28-29,32H,4-5,10-11,14,17,20-26H2,(H,42,46)(H,43,45). The Morgan fingerprint density at radius 2 is 1.39 bits per heavy atom. The molecule has 0 bridgehead atoms. The number of piperidine rings is 1. The molecule has 1 saturated heterocycles. The van der Waals surface area contributed by atoms with Crippen molar-refractivity contribution in [1.82, 2.24) is 15.5 Å². The van der Waals surface area contributed by atoms with Crippen molar-refractivity contribution >= 4 is 11.8 Å². The van der Waals surface area contributed by atoms with Crippen LogP contribution in [0.2, 0.25) is 0 Å². The summed E-state index contributed by atoms with van der Waals surface area (Å²) >= 11 is 0. The van der Waals surface area contributed by atoms with E-state index in [9.17, 15) is 22.8 Å². The topological polar surface area (TPSA) is 61.4 Å². The lowest BCUT2D eigenvalue weighted by atomic mass is 9.73. The molecule has 2 N–H and O–H groups in total. The second-order valence-electron chi connectivity index (χ2n) is 13.3. The molecule has 2 fully saturated rings. The highest BCUT2D eigenvalue weighted by Gasteiger charge is 2.49. The smallest absolute Gasteiger partial charge is 0.353 e. The number of hydrogen-bond donors (Lipinski definition) is 2. The number of hydrogen-bond acceptors (Lipinski definition) is 3. The van der Waals surface area contributed by atoms with Crippen LogP contribution in [0.5, 0.6) is 0 Å². The SMILES string of the molecule is O=C(NC1CCN(CCCCC2(C(=O)NCC(F)(F)F)c3ccccc3-c3ccccc32)CC1)C1CCCCC1c1ccccc1. The van der Waals surface area contributed by atoms with Gasteiger partial charge >= 0.3 is 6.18 Å². The summed E-state index contributed by atoms with van der Waals surface area (Å²) in [7, 11) is 0. The third kappa shape index (κ3) is 6.87. The number of likely N-dealkylation sites (tertiary alicyclic amines) is 1.